The third-order valence-electron chi connectivity index (χ3n) is 18.8. The smallest absolute Gasteiger partial charge is 0.227 e. The SMILES string of the molecule is Clc1nc(Cl)nc(-c2cc3c(c4ccccc4n3-c3ccccc3)c3c2ccc2c4cccc(-c5ccccc5)c4sc23)n1.[HH].c1ccc(-c2nc(-c3ccccc3)nc(-c3cc4c(c5ccccc5n4-c4ccccc4)c4c3ccc3c5cccc(-c6ccccc6)c5sc34)n2)cc1. The third-order valence-corrected chi connectivity index (χ3v) is 21.6. The summed E-state index contributed by atoms with van der Waals surface area (Å²) in [6, 6.07) is 107. The van der Waals surface area contributed by atoms with E-state index in [1.165, 1.54) is 89.5 Å². The molecular formula is C86H52Cl2N8S2. The number of hydrogen-bond acceptors (Lipinski definition) is 8. The fraction of sp³-hybridized carbons (Fsp3) is 0. The lowest BCUT2D eigenvalue weighted by Crippen LogP contribution is -2.01. The van der Waals surface area contributed by atoms with Gasteiger partial charge in [0.15, 0.2) is 23.3 Å². The van der Waals surface area contributed by atoms with Gasteiger partial charge in [-0.25, -0.2) is 15.0 Å². The highest BCUT2D eigenvalue weighted by atomic mass is 35.5. The van der Waals surface area contributed by atoms with Crippen LogP contribution < -0.4 is 0 Å². The third kappa shape index (κ3) is 9.47. The molecule has 0 N–H and O–H groups in total. The molecule has 0 fully saturated rings. The molecule has 6 heterocycles. The van der Waals surface area contributed by atoms with Crippen LogP contribution in [0.4, 0.5) is 0 Å². The van der Waals surface area contributed by atoms with Crippen LogP contribution in [0.2, 0.25) is 10.6 Å². The molecule has 0 radical (unpaired) electrons. The van der Waals surface area contributed by atoms with Gasteiger partial charge >= 0.3 is 0 Å². The Morgan fingerprint density at radius 2 is 0.561 bits per heavy atom. The van der Waals surface area contributed by atoms with Gasteiger partial charge < -0.3 is 9.13 Å². The van der Waals surface area contributed by atoms with E-state index in [-0.39, 0.29) is 12.0 Å². The van der Waals surface area contributed by atoms with E-state index in [0.717, 1.165) is 71.9 Å². The molecule has 0 bridgehead atoms. The van der Waals surface area contributed by atoms with E-state index in [4.69, 9.17) is 38.2 Å². The summed E-state index contributed by atoms with van der Waals surface area (Å²) in [6.45, 7) is 0. The second-order valence-electron chi connectivity index (χ2n) is 24.3. The van der Waals surface area contributed by atoms with Gasteiger partial charge in [0.25, 0.3) is 0 Å². The molecule has 0 atom stereocenters. The topological polar surface area (TPSA) is 87.2 Å². The number of thiophene rings is 2. The first-order chi connectivity index (χ1) is 48.5. The molecule has 14 aromatic carbocycles. The van der Waals surface area contributed by atoms with Crippen molar-refractivity contribution in [3.05, 3.63) is 314 Å². The lowest BCUT2D eigenvalue weighted by atomic mass is 9.96. The molecule has 0 amide bonds. The van der Waals surface area contributed by atoms with Crippen molar-refractivity contribution < 1.29 is 1.43 Å². The molecule has 6 aromatic heterocycles. The van der Waals surface area contributed by atoms with Crippen LogP contribution >= 0.6 is 45.9 Å². The molecule has 0 aliphatic rings. The average Bonchev–Trinajstić information content (AvgIpc) is 1.59. The Morgan fingerprint density at radius 3 is 0.980 bits per heavy atom. The van der Waals surface area contributed by atoms with Gasteiger partial charge in [-0.1, -0.05) is 255 Å². The quantitative estimate of drug-likeness (QED) is 0.151. The van der Waals surface area contributed by atoms with Gasteiger partial charge in [0.1, 0.15) is 0 Å². The number of aromatic nitrogens is 8. The number of rotatable bonds is 8. The summed E-state index contributed by atoms with van der Waals surface area (Å²) in [4.78, 5) is 28.7. The van der Waals surface area contributed by atoms with Gasteiger partial charge in [0.2, 0.25) is 10.6 Å². The van der Waals surface area contributed by atoms with E-state index in [1.54, 1.807) is 0 Å². The van der Waals surface area contributed by atoms with Crippen LogP contribution in [0.15, 0.2) is 303 Å². The Kier molecular flexibility index (Phi) is 13.9. The Bertz CT molecular complexity index is 6490. The van der Waals surface area contributed by atoms with Crippen molar-refractivity contribution in [3.8, 4) is 79.2 Å². The van der Waals surface area contributed by atoms with E-state index >= 15 is 0 Å². The average molecular weight is 1330 g/mol. The minimum atomic E-state index is 0. The molecule has 0 saturated heterocycles. The second-order valence-corrected chi connectivity index (χ2v) is 27.0. The van der Waals surface area contributed by atoms with Crippen molar-refractivity contribution in [2.45, 2.75) is 0 Å². The molecular weight excluding hydrogens is 1280 g/mol. The highest BCUT2D eigenvalue weighted by Crippen LogP contribution is 2.51. The summed E-state index contributed by atoms with van der Waals surface area (Å²) in [5.41, 5.74) is 15.2. The van der Waals surface area contributed by atoms with E-state index < -0.39 is 0 Å². The maximum Gasteiger partial charge on any atom is 0.227 e. The Balaban J connectivity index is 0.000000145. The van der Waals surface area contributed by atoms with Crippen LogP contribution in [-0.2, 0) is 0 Å². The Labute approximate surface area is 580 Å². The fourth-order valence-electron chi connectivity index (χ4n) is 14.6. The minimum absolute atomic E-state index is 0. The van der Waals surface area contributed by atoms with E-state index in [2.05, 4.69) is 285 Å². The van der Waals surface area contributed by atoms with E-state index in [1.807, 2.05) is 65.1 Å². The van der Waals surface area contributed by atoms with Crippen LogP contribution in [0.25, 0.3) is 185 Å². The summed E-state index contributed by atoms with van der Waals surface area (Å²) in [5, 5.41) is 14.4. The van der Waals surface area contributed by atoms with Crippen molar-refractivity contribution in [2.24, 2.45) is 0 Å². The number of hydrogen-bond donors (Lipinski definition) is 0. The van der Waals surface area contributed by atoms with Gasteiger partial charge in [-0.3, -0.25) is 0 Å². The Morgan fingerprint density at radius 1 is 0.235 bits per heavy atom. The summed E-state index contributed by atoms with van der Waals surface area (Å²) in [5.74, 6) is 2.38. The van der Waals surface area contributed by atoms with Crippen molar-refractivity contribution in [2.75, 3.05) is 0 Å². The summed E-state index contributed by atoms with van der Waals surface area (Å²) in [6.07, 6.45) is 0. The summed E-state index contributed by atoms with van der Waals surface area (Å²) in [7, 11) is 0. The Hall–Kier alpha value is -11.8. The normalized spacial score (nSPS) is 11.8. The van der Waals surface area contributed by atoms with Gasteiger partial charge in [0.05, 0.1) is 22.1 Å². The molecule has 0 spiro atoms. The lowest BCUT2D eigenvalue weighted by Gasteiger charge is -2.13. The highest BCUT2D eigenvalue weighted by Gasteiger charge is 2.26. The van der Waals surface area contributed by atoms with Crippen LogP contribution in [0, 0.1) is 0 Å². The van der Waals surface area contributed by atoms with Gasteiger partial charge in [-0.2, -0.15) is 15.0 Å². The number of para-hydroxylation sites is 4. The van der Waals surface area contributed by atoms with Crippen LogP contribution in [-0.4, -0.2) is 39.0 Å². The van der Waals surface area contributed by atoms with Gasteiger partial charge in [0, 0.05) is 108 Å². The zero-order chi connectivity index (χ0) is 65.0. The molecule has 98 heavy (non-hydrogen) atoms. The molecule has 0 saturated carbocycles. The van der Waals surface area contributed by atoms with Crippen molar-refractivity contribution in [1.29, 1.82) is 0 Å². The standard InChI is InChI=1S/C49H30N4S.C37H20Cl2N4S.H2/c1-5-16-31(17-6-1)35-25-15-26-37-38-29-28-36-40(49-51-47(32-18-7-2-8-19-32)50-48(52-49)33-20-9-3-10-21-33)30-42-43(44(36)46(38)54-45(35)37)39-24-13-14-27-41(39)53(42)34-22-11-4-12-23-34;38-36-40-35(41-37(39)42-36)28-20-30-31(27-14-7-8-17-29(27)43(30)22-12-5-2-6-13-22)32-24(28)18-19-26-25-16-9-15-23(33(25)44-34(26)32)21-10-3-1-4-11-21;/h1-30H;1-20H;1H. The molecule has 0 aliphatic carbocycles. The first-order valence-corrected chi connectivity index (χ1v) is 34.7. The molecule has 462 valence electrons. The van der Waals surface area contributed by atoms with Crippen LogP contribution in [0.1, 0.15) is 1.43 Å². The maximum atomic E-state index is 6.34. The first-order valence-electron chi connectivity index (χ1n) is 32.3. The fourth-order valence-corrected chi connectivity index (χ4v) is 17.7. The molecule has 20 rings (SSSR count). The highest BCUT2D eigenvalue weighted by molar-refractivity contribution is 7.28. The second kappa shape index (κ2) is 23.6. The van der Waals surface area contributed by atoms with E-state index in [0.29, 0.717) is 23.3 Å². The zero-order valence-corrected chi connectivity index (χ0v) is 55.2. The van der Waals surface area contributed by atoms with Gasteiger partial charge in [-0.15, -0.1) is 22.7 Å². The number of fused-ring (bicyclic) bond motifs is 18. The maximum absolute atomic E-state index is 6.34. The zero-order valence-electron chi connectivity index (χ0n) is 52.0. The van der Waals surface area contributed by atoms with Crippen molar-refractivity contribution in [3.63, 3.8) is 0 Å². The summed E-state index contributed by atoms with van der Waals surface area (Å²) >= 11 is 16.4. The molecule has 0 aliphatic heterocycles. The summed E-state index contributed by atoms with van der Waals surface area (Å²) < 4.78 is 9.74. The van der Waals surface area contributed by atoms with Crippen LogP contribution in [0.3, 0.4) is 0 Å². The molecule has 0 unspecified atom stereocenters. The van der Waals surface area contributed by atoms with Crippen molar-refractivity contribution >= 4 is 151 Å². The first kappa shape index (κ1) is 57.7. The predicted octanol–water partition coefficient (Wildman–Crippen LogP) is 24.5. The van der Waals surface area contributed by atoms with Crippen molar-refractivity contribution in [1.82, 2.24) is 39.0 Å². The molecule has 12 heteroatoms. The lowest BCUT2D eigenvalue weighted by molar-refractivity contribution is 1.06. The number of benzene rings is 14. The van der Waals surface area contributed by atoms with Crippen LogP contribution in [0.5, 0.6) is 0 Å². The number of halogens is 2. The monoisotopic (exact) mass is 1330 g/mol. The number of nitrogens with zero attached hydrogens (tertiary/aromatic N) is 8. The largest absolute Gasteiger partial charge is 0.309 e. The molecule has 8 nitrogen and oxygen atoms in total. The van der Waals surface area contributed by atoms with Gasteiger partial charge in [-0.05, 0) is 105 Å². The minimum Gasteiger partial charge on any atom is -0.309 e. The predicted molar refractivity (Wildman–Crippen MR) is 414 cm³/mol. The van der Waals surface area contributed by atoms with E-state index in [9.17, 15) is 0 Å². The molecule has 20 aromatic rings.